The van der Waals surface area contributed by atoms with Gasteiger partial charge in [0, 0.05) is 31.8 Å². The summed E-state index contributed by atoms with van der Waals surface area (Å²) in [5.41, 5.74) is 2.81. The maximum absolute atomic E-state index is 12.1. The second kappa shape index (κ2) is 9.62. The van der Waals surface area contributed by atoms with Gasteiger partial charge in [0.25, 0.3) is 0 Å². The van der Waals surface area contributed by atoms with Crippen molar-refractivity contribution in [3.63, 3.8) is 0 Å². The minimum atomic E-state index is -0.116. The highest BCUT2D eigenvalue weighted by molar-refractivity contribution is 5.92. The first kappa shape index (κ1) is 20.3. The Hall–Kier alpha value is -3.02. The second-order valence-corrected chi connectivity index (χ2v) is 6.22. The number of amides is 2. The Bertz CT molecular complexity index is 787. The van der Waals surface area contributed by atoms with Crippen molar-refractivity contribution in [1.82, 2.24) is 5.32 Å². The number of methoxy groups -OCH3 is 2. The van der Waals surface area contributed by atoms with Gasteiger partial charge in [-0.05, 0) is 24.6 Å². The van der Waals surface area contributed by atoms with Crippen molar-refractivity contribution in [1.29, 1.82) is 0 Å². The number of benzene rings is 2. The highest BCUT2D eigenvalue weighted by Gasteiger charge is 2.15. The van der Waals surface area contributed by atoms with E-state index in [1.165, 1.54) is 6.92 Å². The standard InChI is InChI=1S/C21H26N2O4/c1-15-5-7-17(8-6-15)13-21(25)22-11-12-23(16(2)24)18-9-10-19(26-3)20(14-18)27-4/h5-10,14H,11-13H2,1-4H3,(H,22,25). The molecule has 6 nitrogen and oxygen atoms in total. The van der Waals surface area contributed by atoms with E-state index >= 15 is 0 Å². The molecule has 0 aliphatic carbocycles. The fraction of sp³-hybridized carbons (Fsp3) is 0.333. The molecule has 27 heavy (non-hydrogen) atoms. The molecule has 0 spiro atoms. The lowest BCUT2D eigenvalue weighted by Crippen LogP contribution is -2.38. The molecule has 2 aromatic carbocycles. The fourth-order valence-electron chi connectivity index (χ4n) is 2.72. The van der Waals surface area contributed by atoms with Crippen molar-refractivity contribution >= 4 is 17.5 Å². The van der Waals surface area contributed by atoms with Gasteiger partial charge in [-0.1, -0.05) is 29.8 Å². The minimum Gasteiger partial charge on any atom is -0.493 e. The summed E-state index contributed by atoms with van der Waals surface area (Å²) in [4.78, 5) is 25.7. The zero-order valence-electron chi connectivity index (χ0n) is 16.2. The number of carbonyl (C=O) groups is 2. The summed E-state index contributed by atoms with van der Waals surface area (Å²) in [5, 5.41) is 2.86. The van der Waals surface area contributed by atoms with E-state index < -0.39 is 0 Å². The largest absolute Gasteiger partial charge is 0.493 e. The maximum atomic E-state index is 12.1. The summed E-state index contributed by atoms with van der Waals surface area (Å²) in [6.07, 6.45) is 0.316. The van der Waals surface area contributed by atoms with Crippen LogP contribution in [0.2, 0.25) is 0 Å². The topological polar surface area (TPSA) is 67.9 Å². The van der Waals surface area contributed by atoms with Crippen molar-refractivity contribution in [3.05, 3.63) is 53.6 Å². The van der Waals surface area contributed by atoms with E-state index in [1.807, 2.05) is 31.2 Å². The van der Waals surface area contributed by atoms with Gasteiger partial charge in [0.15, 0.2) is 11.5 Å². The smallest absolute Gasteiger partial charge is 0.224 e. The molecular formula is C21H26N2O4. The summed E-state index contributed by atoms with van der Waals surface area (Å²) in [6.45, 7) is 4.22. The molecule has 6 heteroatoms. The predicted molar refractivity (Wildman–Crippen MR) is 105 cm³/mol. The normalized spacial score (nSPS) is 10.2. The summed E-state index contributed by atoms with van der Waals surface area (Å²) < 4.78 is 10.5. The Labute approximate surface area is 160 Å². The van der Waals surface area contributed by atoms with Crippen LogP contribution in [0.25, 0.3) is 0 Å². The summed E-state index contributed by atoms with van der Waals surface area (Å²) in [7, 11) is 3.11. The van der Waals surface area contributed by atoms with Gasteiger partial charge in [0.05, 0.1) is 20.6 Å². The van der Waals surface area contributed by atoms with E-state index in [1.54, 1.807) is 37.3 Å². The number of ether oxygens (including phenoxy) is 2. The number of hydrogen-bond donors (Lipinski definition) is 1. The molecule has 0 aliphatic heterocycles. The molecule has 0 atom stereocenters. The van der Waals surface area contributed by atoms with E-state index in [0.717, 1.165) is 11.1 Å². The van der Waals surface area contributed by atoms with Crippen LogP contribution in [0.15, 0.2) is 42.5 Å². The van der Waals surface area contributed by atoms with Gasteiger partial charge in [0.2, 0.25) is 11.8 Å². The Morgan fingerprint density at radius 1 is 1.00 bits per heavy atom. The third-order valence-corrected chi connectivity index (χ3v) is 4.20. The molecule has 2 rings (SSSR count). The van der Waals surface area contributed by atoms with Crippen molar-refractivity contribution in [2.75, 3.05) is 32.2 Å². The van der Waals surface area contributed by atoms with E-state index in [4.69, 9.17) is 9.47 Å². The molecule has 0 aliphatic rings. The van der Waals surface area contributed by atoms with E-state index in [9.17, 15) is 9.59 Å². The molecule has 0 radical (unpaired) electrons. The van der Waals surface area contributed by atoms with Crippen molar-refractivity contribution < 1.29 is 19.1 Å². The van der Waals surface area contributed by atoms with Crippen LogP contribution in [-0.2, 0) is 16.0 Å². The highest BCUT2D eigenvalue weighted by Crippen LogP contribution is 2.31. The quantitative estimate of drug-likeness (QED) is 0.776. The number of nitrogens with one attached hydrogen (secondary N) is 1. The lowest BCUT2D eigenvalue weighted by Gasteiger charge is -2.22. The first-order chi connectivity index (χ1) is 12.9. The first-order valence-electron chi connectivity index (χ1n) is 8.77. The van der Waals surface area contributed by atoms with Crippen LogP contribution in [0, 0.1) is 6.92 Å². The molecule has 0 fully saturated rings. The number of carbonyl (C=O) groups excluding carboxylic acids is 2. The monoisotopic (exact) mass is 370 g/mol. The fourth-order valence-corrected chi connectivity index (χ4v) is 2.72. The van der Waals surface area contributed by atoms with Gasteiger partial charge in [-0.3, -0.25) is 9.59 Å². The summed E-state index contributed by atoms with van der Waals surface area (Å²) in [5.74, 6) is 0.950. The zero-order chi connectivity index (χ0) is 19.8. The number of nitrogens with zero attached hydrogens (tertiary/aromatic N) is 1. The van der Waals surface area contributed by atoms with Crippen molar-refractivity contribution in [2.24, 2.45) is 0 Å². The molecule has 2 aromatic rings. The molecule has 0 heterocycles. The lowest BCUT2D eigenvalue weighted by atomic mass is 10.1. The molecular weight excluding hydrogens is 344 g/mol. The third kappa shape index (κ3) is 5.74. The first-order valence-corrected chi connectivity index (χ1v) is 8.77. The Balaban J connectivity index is 1.95. The summed E-state index contributed by atoms with van der Waals surface area (Å²) in [6, 6.07) is 13.1. The SMILES string of the molecule is COc1ccc(N(CCNC(=O)Cc2ccc(C)cc2)C(C)=O)cc1OC. The third-order valence-electron chi connectivity index (χ3n) is 4.20. The van der Waals surface area contributed by atoms with E-state index in [0.29, 0.717) is 36.7 Å². The molecule has 2 amide bonds. The molecule has 1 N–H and O–H groups in total. The number of anilines is 1. The van der Waals surface area contributed by atoms with Crippen LogP contribution >= 0.6 is 0 Å². The predicted octanol–water partition coefficient (Wildman–Crippen LogP) is 2.72. The van der Waals surface area contributed by atoms with Gasteiger partial charge >= 0.3 is 0 Å². The molecule has 0 aromatic heterocycles. The molecule has 0 unspecified atom stereocenters. The maximum Gasteiger partial charge on any atom is 0.224 e. The number of hydrogen-bond acceptors (Lipinski definition) is 4. The number of aryl methyl sites for hydroxylation is 1. The van der Waals surface area contributed by atoms with Gasteiger partial charge in [0.1, 0.15) is 0 Å². The van der Waals surface area contributed by atoms with Crippen LogP contribution in [-0.4, -0.2) is 39.1 Å². The van der Waals surface area contributed by atoms with Gasteiger partial charge in [-0.25, -0.2) is 0 Å². The van der Waals surface area contributed by atoms with Crippen molar-refractivity contribution in [2.45, 2.75) is 20.3 Å². The van der Waals surface area contributed by atoms with Crippen LogP contribution in [0.5, 0.6) is 11.5 Å². The Morgan fingerprint density at radius 3 is 2.26 bits per heavy atom. The average Bonchev–Trinajstić information content (AvgIpc) is 2.66. The van der Waals surface area contributed by atoms with Gasteiger partial charge in [-0.2, -0.15) is 0 Å². The molecule has 0 saturated carbocycles. The summed E-state index contributed by atoms with van der Waals surface area (Å²) >= 11 is 0. The van der Waals surface area contributed by atoms with Crippen LogP contribution in [0.1, 0.15) is 18.1 Å². The highest BCUT2D eigenvalue weighted by atomic mass is 16.5. The number of rotatable bonds is 8. The van der Waals surface area contributed by atoms with Crippen LogP contribution in [0.3, 0.4) is 0 Å². The molecule has 144 valence electrons. The second-order valence-electron chi connectivity index (χ2n) is 6.22. The minimum absolute atomic E-state index is 0.0744. The Kier molecular flexibility index (Phi) is 7.23. The zero-order valence-corrected chi connectivity index (χ0v) is 16.2. The van der Waals surface area contributed by atoms with Gasteiger partial charge < -0.3 is 19.7 Å². The average molecular weight is 370 g/mol. The van der Waals surface area contributed by atoms with E-state index in [2.05, 4.69) is 5.32 Å². The van der Waals surface area contributed by atoms with Crippen LogP contribution < -0.4 is 19.7 Å². The molecule has 0 saturated heterocycles. The van der Waals surface area contributed by atoms with Crippen LogP contribution in [0.4, 0.5) is 5.69 Å². The van der Waals surface area contributed by atoms with Crippen molar-refractivity contribution in [3.8, 4) is 11.5 Å². The van der Waals surface area contributed by atoms with Gasteiger partial charge in [-0.15, -0.1) is 0 Å². The van der Waals surface area contributed by atoms with E-state index in [-0.39, 0.29) is 11.8 Å². The molecule has 0 bridgehead atoms. The Morgan fingerprint density at radius 2 is 1.67 bits per heavy atom. The lowest BCUT2D eigenvalue weighted by molar-refractivity contribution is -0.121.